The molecule has 0 aromatic heterocycles. The minimum Gasteiger partial charge on any atom is -0.352 e. The van der Waals surface area contributed by atoms with Gasteiger partial charge in [-0.15, -0.1) is 0 Å². The molecule has 3 aromatic carbocycles. The second-order valence-electron chi connectivity index (χ2n) is 10.3. The molecule has 1 saturated carbocycles. The fourth-order valence-corrected chi connectivity index (χ4v) is 5.92. The van der Waals surface area contributed by atoms with Crippen molar-refractivity contribution in [1.82, 2.24) is 10.2 Å². The molecule has 202 valence electrons. The zero-order chi connectivity index (χ0) is 27.3. The van der Waals surface area contributed by atoms with E-state index in [-0.39, 0.29) is 18.5 Å². The maximum absolute atomic E-state index is 13.9. The highest BCUT2D eigenvalue weighted by Gasteiger charge is 2.31. The average molecular weight is 536 g/mol. The van der Waals surface area contributed by atoms with E-state index >= 15 is 0 Å². The lowest BCUT2D eigenvalue weighted by molar-refractivity contribution is -0.139. The van der Waals surface area contributed by atoms with Crippen molar-refractivity contribution in [1.29, 1.82) is 0 Å². The molecule has 0 radical (unpaired) electrons. The fraction of sp³-hybridized carbons (Fsp3) is 0.400. The summed E-state index contributed by atoms with van der Waals surface area (Å²) in [6, 6.07) is 20.0. The largest absolute Gasteiger partial charge is 0.352 e. The number of sulfonamides is 1. The average Bonchev–Trinajstić information content (AvgIpc) is 2.90. The molecule has 8 heteroatoms. The number of nitrogens with one attached hydrogen (secondary N) is 1. The first kappa shape index (κ1) is 27.6. The fourth-order valence-electron chi connectivity index (χ4n) is 5.06. The van der Waals surface area contributed by atoms with Gasteiger partial charge in [0.05, 0.1) is 11.9 Å². The Hall–Kier alpha value is -3.39. The number of anilines is 1. The van der Waals surface area contributed by atoms with Crippen LogP contribution in [-0.4, -0.2) is 50.0 Å². The molecule has 2 amide bonds. The van der Waals surface area contributed by atoms with Crippen molar-refractivity contribution in [3.8, 4) is 0 Å². The van der Waals surface area contributed by atoms with Gasteiger partial charge in [0.2, 0.25) is 21.8 Å². The first-order valence-corrected chi connectivity index (χ1v) is 15.1. The molecule has 4 rings (SSSR count). The number of benzene rings is 3. The molecular weight excluding hydrogens is 498 g/mol. The molecule has 0 saturated heterocycles. The summed E-state index contributed by atoms with van der Waals surface area (Å²) in [5.74, 6) is -0.649. The van der Waals surface area contributed by atoms with Crippen molar-refractivity contribution < 1.29 is 18.0 Å². The monoisotopic (exact) mass is 535 g/mol. The summed E-state index contributed by atoms with van der Waals surface area (Å²) in [5.41, 5.74) is 2.40. The summed E-state index contributed by atoms with van der Waals surface area (Å²) in [4.78, 5) is 28.6. The summed E-state index contributed by atoms with van der Waals surface area (Å²) < 4.78 is 27.1. The predicted molar refractivity (Wildman–Crippen MR) is 152 cm³/mol. The Morgan fingerprint density at radius 2 is 1.61 bits per heavy atom. The number of amides is 2. The van der Waals surface area contributed by atoms with Crippen LogP contribution in [0, 0.1) is 6.92 Å². The van der Waals surface area contributed by atoms with E-state index in [0.717, 1.165) is 58.1 Å². The SMILES string of the molecule is Cc1ccc(CN(C(=O)CN(c2cccc3ccccc23)S(C)(=O)=O)[C@@H](C)C(=O)NC2CCCCC2)cc1. The number of hydrogen-bond acceptors (Lipinski definition) is 4. The Morgan fingerprint density at radius 1 is 0.947 bits per heavy atom. The molecule has 0 spiro atoms. The molecule has 7 nitrogen and oxygen atoms in total. The van der Waals surface area contributed by atoms with Gasteiger partial charge in [-0.2, -0.15) is 0 Å². The van der Waals surface area contributed by atoms with E-state index in [2.05, 4.69) is 5.32 Å². The summed E-state index contributed by atoms with van der Waals surface area (Å²) in [6.45, 7) is 3.50. The van der Waals surface area contributed by atoms with Crippen LogP contribution in [-0.2, 0) is 26.2 Å². The molecule has 1 fully saturated rings. The Bertz CT molecular complexity index is 1380. The molecule has 0 bridgehead atoms. The zero-order valence-electron chi connectivity index (χ0n) is 22.4. The number of carbonyl (C=O) groups is 2. The van der Waals surface area contributed by atoms with Gasteiger partial charge in [0.15, 0.2) is 0 Å². The van der Waals surface area contributed by atoms with Gasteiger partial charge < -0.3 is 10.2 Å². The number of aryl methyl sites for hydroxylation is 1. The number of carbonyl (C=O) groups excluding carboxylic acids is 2. The minimum absolute atomic E-state index is 0.109. The number of nitrogens with zero attached hydrogens (tertiary/aromatic N) is 2. The molecule has 1 aliphatic carbocycles. The maximum Gasteiger partial charge on any atom is 0.244 e. The second kappa shape index (κ2) is 12.0. The van der Waals surface area contributed by atoms with E-state index < -0.39 is 28.5 Å². The Kier molecular flexibility index (Phi) is 8.72. The first-order valence-electron chi connectivity index (χ1n) is 13.2. The van der Waals surface area contributed by atoms with Crippen molar-refractivity contribution in [3.05, 3.63) is 77.9 Å². The second-order valence-corrected chi connectivity index (χ2v) is 12.2. The molecule has 1 aliphatic rings. The number of rotatable bonds is 9. The van der Waals surface area contributed by atoms with Crippen LogP contribution in [0.25, 0.3) is 10.8 Å². The highest BCUT2D eigenvalue weighted by molar-refractivity contribution is 7.92. The van der Waals surface area contributed by atoms with Gasteiger partial charge >= 0.3 is 0 Å². The van der Waals surface area contributed by atoms with Crippen molar-refractivity contribution in [2.45, 2.75) is 64.6 Å². The maximum atomic E-state index is 13.9. The van der Waals surface area contributed by atoms with Gasteiger partial charge in [0, 0.05) is 18.0 Å². The molecule has 0 aliphatic heterocycles. The van der Waals surface area contributed by atoms with Crippen molar-refractivity contribution in [2.75, 3.05) is 17.1 Å². The molecule has 1 atom stereocenters. The van der Waals surface area contributed by atoms with Crippen LogP contribution < -0.4 is 9.62 Å². The Morgan fingerprint density at radius 3 is 2.29 bits per heavy atom. The van der Waals surface area contributed by atoms with E-state index in [1.54, 1.807) is 19.1 Å². The summed E-state index contributed by atoms with van der Waals surface area (Å²) in [6.07, 6.45) is 6.32. The lowest BCUT2D eigenvalue weighted by Gasteiger charge is -2.33. The van der Waals surface area contributed by atoms with Gasteiger partial charge in [-0.05, 0) is 43.7 Å². The van der Waals surface area contributed by atoms with Crippen LogP contribution in [0.1, 0.15) is 50.2 Å². The lowest BCUT2D eigenvalue weighted by Crippen LogP contribution is -2.53. The first-order chi connectivity index (χ1) is 18.1. The van der Waals surface area contributed by atoms with E-state index in [0.29, 0.717) is 5.69 Å². The molecule has 0 unspecified atom stereocenters. The summed E-state index contributed by atoms with van der Waals surface area (Å²) >= 11 is 0. The highest BCUT2D eigenvalue weighted by atomic mass is 32.2. The third-order valence-corrected chi connectivity index (χ3v) is 8.43. The van der Waals surface area contributed by atoms with E-state index in [1.807, 2.05) is 61.5 Å². The lowest BCUT2D eigenvalue weighted by atomic mass is 9.95. The van der Waals surface area contributed by atoms with Gasteiger partial charge in [-0.1, -0.05) is 85.5 Å². The molecular formula is C30H37N3O4S. The van der Waals surface area contributed by atoms with Crippen LogP contribution in [0.4, 0.5) is 5.69 Å². The van der Waals surface area contributed by atoms with E-state index in [1.165, 1.54) is 11.3 Å². The summed E-state index contributed by atoms with van der Waals surface area (Å²) in [5, 5.41) is 4.74. The van der Waals surface area contributed by atoms with Crippen LogP contribution in [0.2, 0.25) is 0 Å². The van der Waals surface area contributed by atoms with Crippen LogP contribution in [0.3, 0.4) is 0 Å². The smallest absolute Gasteiger partial charge is 0.244 e. The molecule has 1 N–H and O–H groups in total. The topological polar surface area (TPSA) is 86.8 Å². The van der Waals surface area contributed by atoms with Crippen LogP contribution in [0.5, 0.6) is 0 Å². The van der Waals surface area contributed by atoms with Crippen molar-refractivity contribution in [2.24, 2.45) is 0 Å². The highest BCUT2D eigenvalue weighted by Crippen LogP contribution is 2.29. The standard InChI is InChI=1S/C30H37N3O4S/c1-22-16-18-24(19-17-22)20-32(23(2)30(35)31-26-12-5-4-6-13-26)29(34)21-33(38(3,36)37)28-15-9-11-25-10-7-8-14-27(25)28/h7-11,14-19,23,26H,4-6,12-13,20-21H2,1-3H3,(H,31,35)/t23-/m0/s1. The zero-order valence-corrected chi connectivity index (χ0v) is 23.2. The normalized spacial score (nSPS) is 15.1. The van der Waals surface area contributed by atoms with Gasteiger partial charge in [0.25, 0.3) is 0 Å². The van der Waals surface area contributed by atoms with Crippen molar-refractivity contribution >= 4 is 38.3 Å². The number of fused-ring (bicyclic) bond motifs is 1. The van der Waals surface area contributed by atoms with Crippen molar-refractivity contribution in [3.63, 3.8) is 0 Å². The third-order valence-electron chi connectivity index (χ3n) is 7.31. The van der Waals surface area contributed by atoms with Gasteiger partial charge in [-0.3, -0.25) is 13.9 Å². The van der Waals surface area contributed by atoms with E-state index in [9.17, 15) is 18.0 Å². The molecule has 3 aromatic rings. The molecule has 38 heavy (non-hydrogen) atoms. The Labute approximate surface area is 225 Å². The van der Waals surface area contributed by atoms with Gasteiger partial charge in [0.1, 0.15) is 12.6 Å². The Balaban J connectivity index is 1.64. The molecule has 0 heterocycles. The van der Waals surface area contributed by atoms with Gasteiger partial charge in [-0.25, -0.2) is 8.42 Å². The quantitative estimate of drug-likeness (QED) is 0.427. The minimum atomic E-state index is -3.80. The van der Waals surface area contributed by atoms with Crippen LogP contribution in [0.15, 0.2) is 66.7 Å². The van der Waals surface area contributed by atoms with Crippen LogP contribution >= 0.6 is 0 Å². The predicted octanol–water partition coefficient (Wildman–Crippen LogP) is 4.78. The third kappa shape index (κ3) is 6.72. The van der Waals surface area contributed by atoms with E-state index in [4.69, 9.17) is 0 Å². The summed E-state index contributed by atoms with van der Waals surface area (Å²) in [7, 11) is -3.80. The number of hydrogen-bond donors (Lipinski definition) is 1.